The molecule has 2 amide bonds. The Morgan fingerprint density at radius 2 is 1.80 bits per heavy atom. The lowest BCUT2D eigenvalue weighted by Crippen LogP contribution is -2.24. The largest absolute Gasteiger partial charge is 0.508 e. The lowest BCUT2D eigenvalue weighted by Gasteiger charge is -2.06. The van der Waals surface area contributed by atoms with Crippen LogP contribution in [0.4, 0.5) is 4.79 Å². The molecule has 0 spiro atoms. The lowest BCUT2D eigenvalue weighted by molar-refractivity contribution is -0.125. The molecule has 0 saturated carbocycles. The summed E-state index contributed by atoms with van der Waals surface area (Å²) in [6.07, 6.45) is 1.96. The number of nitrogens with zero attached hydrogens (tertiary/aromatic N) is 2. The number of likely N-dealkylation sites (N-methyl/N-ethyl adjacent to an activating group) is 1. The first-order valence-corrected chi connectivity index (χ1v) is 8.76. The zero-order chi connectivity index (χ0) is 17.6. The predicted octanol–water partition coefficient (Wildman–Crippen LogP) is 3.76. The Balaban J connectivity index is 1.78. The fourth-order valence-electron chi connectivity index (χ4n) is 3.11. The van der Waals surface area contributed by atoms with E-state index in [0.717, 1.165) is 33.8 Å². The molecule has 1 aromatic heterocycles. The molecule has 1 atom stereocenters. The van der Waals surface area contributed by atoms with Gasteiger partial charge >= 0.3 is 0 Å². The molecule has 2 heterocycles. The maximum atomic E-state index is 12.4. The number of para-hydroxylation sites is 1. The van der Waals surface area contributed by atoms with Crippen LogP contribution in [0.25, 0.3) is 10.9 Å². The summed E-state index contributed by atoms with van der Waals surface area (Å²) in [4.78, 5) is 25.5. The summed E-state index contributed by atoms with van der Waals surface area (Å²) in [5.74, 6) is 0.0545. The van der Waals surface area contributed by atoms with Gasteiger partial charge in [0.25, 0.3) is 5.24 Å². The number of amides is 2. The van der Waals surface area contributed by atoms with E-state index in [0.29, 0.717) is 6.54 Å². The van der Waals surface area contributed by atoms with Crippen LogP contribution in [0.2, 0.25) is 0 Å². The zero-order valence-electron chi connectivity index (χ0n) is 13.5. The SMILES string of the molecule is CN1C(=O)SC(c2cn(Cc3ccc(O)cc3)c3ccccc23)C1=O. The quantitative estimate of drug-likeness (QED) is 0.779. The average Bonchev–Trinajstić information content (AvgIpc) is 3.10. The summed E-state index contributed by atoms with van der Waals surface area (Å²) in [6.45, 7) is 0.621. The Bertz CT molecular complexity index is 978. The van der Waals surface area contributed by atoms with Gasteiger partial charge in [-0.3, -0.25) is 14.5 Å². The summed E-state index contributed by atoms with van der Waals surface area (Å²) in [6, 6.07) is 14.9. The average molecular weight is 352 g/mol. The van der Waals surface area contributed by atoms with Crippen LogP contribution in [0, 0.1) is 0 Å². The van der Waals surface area contributed by atoms with Gasteiger partial charge in [-0.25, -0.2) is 0 Å². The standard InChI is InChI=1S/C19H16N2O3S/c1-20-18(23)17(25-19(20)24)15-11-21(16-5-3-2-4-14(15)16)10-12-6-8-13(22)9-7-12/h2-9,11,17,22H,10H2,1H3. The van der Waals surface area contributed by atoms with Gasteiger partial charge in [0, 0.05) is 36.3 Å². The Kier molecular flexibility index (Phi) is 3.77. The van der Waals surface area contributed by atoms with Gasteiger partial charge < -0.3 is 9.67 Å². The van der Waals surface area contributed by atoms with Crippen LogP contribution in [-0.4, -0.2) is 32.8 Å². The van der Waals surface area contributed by atoms with Gasteiger partial charge in [0.15, 0.2) is 0 Å². The number of thioether (sulfide) groups is 1. The first-order valence-electron chi connectivity index (χ1n) is 7.88. The Morgan fingerprint density at radius 1 is 1.08 bits per heavy atom. The molecule has 0 bridgehead atoms. The molecule has 1 aliphatic heterocycles. The maximum Gasteiger partial charge on any atom is 0.289 e. The highest BCUT2D eigenvalue weighted by molar-refractivity contribution is 8.15. The van der Waals surface area contributed by atoms with Crippen LogP contribution in [-0.2, 0) is 11.3 Å². The molecule has 1 fully saturated rings. The van der Waals surface area contributed by atoms with Crippen LogP contribution in [0.5, 0.6) is 5.75 Å². The van der Waals surface area contributed by atoms with Crippen molar-refractivity contribution >= 4 is 33.8 Å². The van der Waals surface area contributed by atoms with Crippen molar-refractivity contribution in [3.05, 3.63) is 65.9 Å². The van der Waals surface area contributed by atoms with E-state index in [4.69, 9.17) is 0 Å². The fourth-order valence-corrected chi connectivity index (χ4v) is 4.13. The van der Waals surface area contributed by atoms with Gasteiger partial charge in [0.1, 0.15) is 11.0 Å². The van der Waals surface area contributed by atoms with Crippen molar-refractivity contribution in [1.29, 1.82) is 0 Å². The summed E-state index contributed by atoms with van der Waals surface area (Å²) >= 11 is 1.06. The summed E-state index contributed by atoms with van der Waals surface area (Å²) in [7, 11) is 1.52. The molecule has 0 radical (unpaired) electrons. The van der Waals surface area contributed by atoms with E-state index in [2.05, 4.69) is 4.57 Å². The number of carbonyl (C=O) groups is 2. The molecular weight excluding hydrogens is 336 g/mol. The Morgan fingerprint density at radius 3 is 2.48 bits per heavy atom. The minimum atomic E-state index is -0.497. The molecular formula is C19H16N2O3S. The van der Waals surface area contributed by atoms with Crippen molar-refractivity contribution < 1.29 is 14.7 Å². The van der Waals surface area contributed by atoms with Crippen LogP contribution >= 0.6 is 11.8 Å². The lowest BCUT2D eigenvalue weighted by atomic mass is 10.1. The number of aromatic hydroxyl groups is 1. The number of hydrogen-bond acceptors (Lipinski definition) is 4. The van der Waals surface area contributed by atoms with Crippen molar-refractivity contribution in [3.8, 4) is 5.75 Å². The second kappa shape index (κ2) is 5.97. The first-order chi connectivity index (χ1) is 12.0. The van der Waals surface area contributed by atoms with Gasteiger partial charge in [-0.2, -0.15) is 0 Å². The fraction of sp³-hybridized carbons (Fsp3) is 0.158. The van der Waals surface area contributed by atoms with Crippen LogP contribution in [0.15, 0.2) is 54.7 Å². The van der Waals surface area contributed by atoms with E-state index in [1.54, 1.807) is 12.1 Å². The Labute approximate surface area is 148 Å². The van der Waals surface area contributed by atoms with E-state index in [-0.39, 0.29) is 16.9 Å². The minimum Gasteiger partial charge on any atom is -0.508 e. The highest BCUT2D eigenvalue weighted by Gasteiger charge is 2.39. The second-order valence-electron chi connectivity index (χ2n) is 6.06. The van der Waals surface area contributed by atoms with E-state index in [9.17, 15) is 14.7 Å². The third-order valence-electron chi connectivity index (χ3n) is 4.44. The number of rotatable bonds is 3. The normalized spacial score (nSPS) is 17.6. The van der Waals surface area contributed by atoms with Gasteiger partial charge in [0.2, 0.25) is 5.91 Å². The van der Waals surface area contributed by atoms with Crippen molar-refractivity contribution in [2.75, 3.05) is 7.05 Å². The van der Waals surface area contributed by atoms with E-state index >= 15 is 0 Å². The molecule has 126 valence electrons. The monoisotopic (exact) mass is 352 g/mol. The second-order valence-corrected chi connectivity index (χ2v) is 7.11. The number of aromatic nitrogens is 1. The molecule has 0 aliphatic carbocycles. The molecule has 1 saturated heterocycles. The number of phenols is 1. The van der Waals surface area contributed by atoms with Gasteiger partial charge in [0.05, 0.1) is 0 Å². The third kappa shape index (κ3) is 2.68. The van der Waals surface area contributed by atoms with Crippen LogP contribution in [0.1, 0.15) is 16.4 Å². The number of phenolic OH excluding ortho intramolecular Hbond substituents is 1. The third-order valence-corrected chi connectivity index (χ3v) is 5.61. The molecule has 3 aromatic rings. The molecule has 2 aromatic carbocycles. The van der Waals surface area contributed by atoms with Crippen molar-refractivity contribution in [3.63, 3.8) is 0 Å². The highest BCUT2D eigenvalue weighted by atomic mass is 32.2. The summed E-state index contributed by atoms with van der Waals surface area (Å²) in [5, 5.41) is 9.71. The molecule has 1 unspecified atom stereocenters. The maximum absolute atomic E-state index is 12.4. The van der Waals surface area contributed by atoms with Crippen molar-refractivity contribution in [2.45, 2.75) is 11.8 Å². The molecule has 1 N–H and O–H groups in total. The van der Waals surface area contributed by atoms with E-state index < -0.39 is 5.25 Å². The number of carbonyl (C=O) groups excluding carboxylic acids is 2. The number of imide groups is 1. The number of benzene rings is 2. The van der Waals surface area contributed by atoms with Crippen molar-refractivity contribution in [2.24, 2.45) is 0 Å². The zero-order valence-corrected chi connectivity index (χ0v) is 14.4. The number of hydrogen-bond donors (Lipinski definition) is 1. The molecule has 4 rings (SSSR count). The molecule has 6 heteroatoms. The van der Waals surface area contributed by atoms with Crippen LogP contribution < -0.4 is 0 Å². The van der Waals surface area contributed by atoms with Crippen molar-refractivity contribution in [1.82, 2.24) is 9.47 Å². The van der Waals surface area contributed by atoms with Gasteiger partial charge in [-0.05, 0) is 35.5 Å². The highest BCUT2D eigenvalue weighted by Crippen LogP contribution is 2.42. The Hall–Kier alpha value is -2.73. The van der Waals surface area contributed by atoms with E-state index in [1.807, 2.05) is 42.6 Å². The minimum absolute atomic E-state index is 0.178. The van der Waals surface area contributed by atoms with Gasteiger partial charge in [-0.15, -0.1) is 0 Å². The number of fused-ring (bicyclic) bond motifs is 1. The topological polar surface area (TPSA) is 62.5 Å². The summed E-state index contributed by atoms with van der Waals surface area (Å²) in [5.41, 5.74) is 2.92. The van der Waals surface area contributed by atoms with Gasteiger partial charge in [-0.1, -0.05) is 30.3 Å². The molecule has 5 nitrogen and oxygen atoms in total. The first kappa shape index (κ1) is 15.8. The molecule has 25 heavy (non-hydrogen) atoms. The van der Waals surface area contributed by atoms with E-state index in [1.165, 1.54) is 11.9 Å². The smallest absolute Gasteiger partial charge is 0.289 e. The predicted molar refractivity (Wildman–Crippen MR) is 97.6 cm³/mol. The van der Waals surface area contributed by atoms with Crippen LogP contribution in [0.3, 0.4) is 0 Å². The summed E-state index contributed by atoms with van der Waals surface area (Å²) < 4.78 is 2.08. The molecule has 1 aliphatic rings.